The molecule has 1 heterocycles. The van der Waals surface area contributed by atoms with Crippen LogP contribution in [0.1, 0.15) is 37.4 Å². The SMILES string of the molecule is CCC[C@@H]1C[C@H]1C(=O)NCc1cn(C)nc1C(F)(F)F. The predicted octanol–water partition coefficient (Wildman–Crippen LogP) is 2.49. The molecular weight excluding hydrogens is 271 g/mol. The average molecular weight is 289 g/mol. The summed E-state index contributed by atoms with van der Waals surface area (Å²) in [5, 5.41) is 5.99. The normalized spacial score (nSPS) is 21.9. The van der Waals surface area contributed by atoms with Gasteiger partial charge in [0.05, 0.1) is 0 Å². The lowest BCUT2D eigenvalue weighted by atomic mass is 10.2. The highest BCUT2D eigenvalue weighted by atomic mass is 19.4. The van der Waals surface area contributed by atoms with Gasteiger partial charge >= 0.3 is 6.18 Å². The first kappa shape index (κ1) is 14.9. The molecule has 112 valence electrons. The van der Waals surface area contributed by atoms with Crippen molar-refractivity contribution in [1.82, 2.24) is 15.1 Å². The summed E-state index contributed by atoms with van der Waals surface area (Å²) >= 11 is 0. The summed E-state index contributed by atoms with van der Waals surface area (Å²) in [7, 11) is 1.43. The monoisotopic (exact) mass is 289 g/mol. The molecule has 1 saturated carbocycles. The van der Waals surface area contributed by atoms with Gasteiger partial charge in [-0.05, 0) is 18.8 Å². The number of amides is 1. The summed E-state index contributed by atoms with van der Waals surface area (Å²) in [6, 6.07) is 0. The second-order valence-electron chi connectivity index (χ2n) is 5.28. The van der Waals surface area contributed by atoms with Gasteiger partial charge < -0.3 is 5.32 Å². The van der Waals surface area contributed by atoms with Gasteiger partial charge in [-0.15, -0.1) is 0 Å². The Labute approximate surface area is 115 Å². The van der Waals surface area contributed by atoms with Gasteiger partial charge in [0.25, 0.3) is 0 Å². The Morgan fingerprint density at radius 3 is 2.85 bits per heavy atom. The summed E-state index contributed by atoms with van der Waals surface area (Å²) in [5.41, 5.74) is -0.928. The van der Waals surface area contributed by atoms with Gasteiger partial charge in [0.1, 0.15) is 0 Å². The lowest BCUT2D eigenvalue weighted by Crippen LogP contribution is -2.26. The van der Waals surface area contributed by atoms with Crippen molar-refractivity contribution in [3.8, 4) is 0 Å². The quantitative estimate of drug-likeness (QED) is 0.905. The Kier molecular flexibility index (Phi) is 4.06. The van der Waals surface area contributed by atoms with Crippen molar-refractivity contribution in [2.45, 2.75) is 38.9 Å². The highest BCUT2D eigenvalue weighted by Gasteiger charge is 2.42. The zero-order valence-electron chi connectivity index (χ0n) is 11.5. The zero-order chi connectivity index (χ0) is 14.9. The van der Waals surface area contributed by atoms with Crippen LogP contribution in [0.3, 0.4) is 0 Å². The van der Waals surface area contributed by atoms with Gasteiger partial charge in [-0.3, -0.25) is 9.48 Å². The van der Waals surface area contributed by atoms with E-state index in [0.717, 1.165) is 23.9 Å². The maximum atomic E-state index is 12.7. The van der Waals surface area contributed by atoms with E-state index in [1.165, 1.54) is 13.2 Å². The fourth-order valence-electron chi connectivity index (χ4n) is 2.48. The standard InChI is InChI=1S/C13H18F3N3O/c1-3-4-8-5-10(8)12(20)17-6-9-7-19(2)18-11(9)13(14,15)16/h7-8,10H,3-6H2,1-2H3,(H,17,20)/t8-,10-/m1/s1. The first-order valence-electron chi connectivity index (χ1n) is 6.70. The minimum atomic E-state index is -4.49. The zero-order valence-corrected chi connectivity index (χ0v) is 11.5. The molecule has 0 unspecified atom stereocenters. The molecule has 0 radical (unpaired) electrons. The van der Waals surface area contributed by atoms with Crippen molar-refractivity contribution < 1.29 is 18.0 Å². The molecule has 4 nitrogen and oxygen atoms in total. The molecule has 0 aromatic carbocycles. The molecule has 1 aliphatic carbocycles. The van der Waals surface area contributed by atoms with Crippen LogP contribution in [0.25, 0.3) is 0 Å². The molecule has 7 heteroatoms. The fraction of sp³-hybridized carbons (Fsp3) is 0.692. The molecule has 2 rings (SSSR count). The van der Waals surface area contributed by atoms with Crippen LogP contribution < -0.4 is 5.32 Å². The van der Waals surface area contributed by atoms with E-state index in [9.17, 15) is 18.0 Å². The van der Waals surface area contributed by atoms with Crippen LogP contribution in [0.2, 0.25) is 0 Å². The van der Waals surface area contributed by atoms with E-state index in [1.807, 2.05) is 0 Å². The number of hydrogen-bond acceptors (Lipinski definition) is 2. The Hall–Kier alpha value is -1.53. The summed E-state index contributed by atoms with van der Waals surface area (Å²) in [4.78, 5) is 11.8. The molecular formula is C13H18F3N3O. The second-order valence-corrected chi connectivity index (χ2v) is 5.28. The van der Waals surface area contributed by atoms with Crippen LogP contribution in [0.5, 0.6) is 0 Å². The van der Waals surface area contributed by atoms with E-state index >= 15 is 0 Å². The number of aryl methyl sites for hydroxylation is 1. The van der Waals surface area contributed by atoms with Crippen LogP contribution in [-0.2, 0) is 24.6 Å². The van der Waals surface area contributed by atoms with Crippen molar-refractivity contribution in [1.29, 1.82) is 0 Å². The molecule has 1 amide bonds. The lowest BCUT2D eigenvalue weighted by Gasteiger charge is -2.07. The Bertz CT molecular complexity index is 496. The number of aromatic nitrogens is 2. The average Bonchev–Trinajstić information content (AvgIpc) is 2.99. The fourth-order valence-corrected chi connectivity index (χ4v) is 2.48. The van der Waals surface area contributed by atoms with E-state index in [4.69, 9.17) is 0 Å². The highest BCUT2D eigenvalue weighted by Crippen LogP contribution is 2.42. The number of nitrogens with one attached hydrogen (secondary N) is 1. The first-order valence-corrected chi connectivity index (χ1v) is 6.70. The largest absolute Gasteiger partial charge is 0.435 e. The van der Waals surface area contributed by atoms with Crippen LogP contribution in [0.15, 0.2) is 6.20 Å². The molecule has 1 N–H and O–H groups in total. The summed E-state index contributed by atoms with van der Waals surface area (Å²) < 4.78 is 39.3. The number of hydrogen-bond donors (Lipinski definition) is 1. The van der Waals surface area contributed by atoms with Gasteiger partial charge in [-0.25, -0.2) is 0 Å². The predicted molar refractivity (Wildman–Crippen MR) is 66.6 cm³/mol. The molecule has 1 aliphatic rings. The molecule has 1 aromatic heterocycles. The molecule has 0 aliphatic heterocycles. The van der Waals surface area contributed by atoms with Crippen LogP contribution >= 0.6 is 0 Å². The van der Waals surface area contributed by atoms with Crippen molar-refractivity contribution in [3.63, 3.8) is 0 Å². The van der Waals surface area contributed by atoms with Crippen LogP contribution in [-0.4, -0.2) is 15.7 Å². The first-order chi connectivity index (χ1) is 9.32. The van der Waals surface area contributed by atoms with Gasteiger partial charge in [0.15, 0.2) is 5.69 Å². The summed E-state index contributed by atoms with van der Waals surface area (Å²) in [6.45, 7) is 1.93. The van der Waals surface area contributed by atoms with E-state index in [2.05, 4.69) is 17.3 Å². The Morgan fingerprint density at radius 1 is 1.55 bits per heavy atom. The van der Waals surface area contributed by atoms with Crippen molar-refractivity contribution in [3.05, 3.63) is 17.5 Å². The van der Waals surface area contributed by atoms with E-state index in [1.54, 1.807) is 0 Å². The van der Waals surface area contributed by atoms with Crippen LogP contribution in [0, 0.1) is 11.8 Å². The van der Waals surface area contributed by atoms with Crippen molar-refractivity contribution >= 4 is 5.91 Å². The van der Waals surface area contributed by atoms with E-state index in [-0.39, 0.29) is 23.9 Å². The lowest BCUT2D eigenvalue weighted by molar-refractivity contribution is -0.142. The number of halogens is 3. The van der Waals surface area contributed by atoms with Gasteiger partial charge in [0.2, 0.25) is 5.91 Å². The number of rotatable bonds is 5. The molecule has 1 aromatic rings. The third-order valence-electron chi connectivity index (χ3n) is 3.54. The minimum Gasteiger partial charge on any atom is -0.352 e. The maximum Gasteiger partial charge on any atom is 0.435 e. The van der Waals surface area contributed by atoms with Gasteiger partial charge in [0, 0.05) is 31.3 Å². The van der Waals surface area contributed by atoms with Crippen molar-refractivity contribution in [2.24, 2.45) is 18.9 Å². The molecule has 0 saturated heterocycles. The topological polar surface area (TPSA) is 46.9 Å². The van der Waals surface area contributed by atoms with Gasteiger partial charge in [-0.1, -0.05) is 13.3 Å². The van der Waals surface area contributed by atoms with E-state index < -0.39 is 11.9 Å². The Morgan fingerprint density at radius 2 is 2.25 bits per heavy atom. The molecule has 2 atom stereocenters. The molecule has 20 heavy (non-hydrogen) atoms. The second kappa shape index (κ2) is 5.46. The number of carbonyl (C=O) groups excluding carboxylic acids is 1. The molecule has 1 fully saturated rings. The highest BCUT2D eigenvalue weighted by molar-refractivity contribution is 5.81. The third-order valence-corrected chi connectivity index (χ3v) is 3.54. The Balaban J connectivity index is 1.93. The molecule has 0 bridgehead atoms. The van der Waals surface area contributed by atoms with E-state index in [0.29, 0.717) is 5.92 Å². The number of carbonyl (C=O) groups is 1. The number of alkyl halides is 3. The minimum absolute atomic E-state index is 0.000964. The van der Waals surface area contributed by atoms with Gasteiger partial charge in [-0.2, -0.15) is 18.3 Å². The maximum absolute atomic E-state index is 12.7. The number of nitrogens with zero attached hydrogens (tertiary/aromatic N) is 2. The smallest absolute Gasteiger partial charge is 0.352 e. The molecule has 0 spiro atoms. The third kappa shape index (κ3) is 3.32. The van der Waals surface area contributed by atoms with Crippen LogP contribution in [0.4, 0.5) is 13.2 Å². The summed E-state index contributed by atoms with van der Waals surface area (Å²) in [5.74, 6) is 0.220. The van der Waals surface area contributed by atoms with Crippen molar-refractivity contribution in [2.75, 3.05) is 0 Å². The summed E-state index contributed by atoms with van der Waals surface area (Å²) in [6.07, 6.45) is -0.335.